The number of nitrogens with zero attached hydrogens (tertiary/aromatic N) is 1. The van der Waals surface area contributed by atoms with Gasteiger partial charge in [0.25, 0.3) is 0 Å². The third-order valence-electron chi connectivity index (χ3n) is 3.65. The molecule has 0 radical (unpaired) electrons. The minimum absolute atomic E-state index is 0.394. The molecular formula is C12H24N2O2. The first-order valence-electron chi connectivity index (χ1n) is 6.04. The lowest BCUT2D eigenvalue weighted by Crippen LogP contribution is -2.49. The van der Waals surface area contributed by atoms with E-state index in [4.69, 9.17) is 0 Å². The van der Waals surface area contributed by atoms with Gasteiger partial charge in [-0.3, -0.25) is 4.79 Å². The zero-order valence-electron chi connectivity index (χ0n) is 10.8. The first kappa shape index (κ1) is 13.5. The van der Waals surface area contributed by atoms with E-state index in [-0.39, 0.29) is 0 Å². The zero-order valence-corrected chi connectivity index (χ0v) is 10.8. The van der Waals surface area contributed by atoms with Crippen molar-refractivity contribution in [3.05, 3.63) is 0 Å². The Labute approximate surface area is 98.0 Å². The van der Waals surface area contributed by atoms with E-state index in [1.165, 1.54) is 0 Å². The Morgan fingerprint density at radius 3 is 2.62 bits per heavy atom. The molecule has 1 aliphatic carbocycles. The summed E-state index contributed by atoms with van der Waals surface area (Å²) in [6.45, 7) is 5.41. The zero-order chi connectivity index (χ0) is 12.3. The van der Waals surface area contributed by atoms with Crippen LogP contribution >= 0.6 is 0 Å². The lowest BCUT2D eigenvalue weighted by molar-refractivity contribution is -0.144. The second kappa shape index (κ2) is 5.15. The van der Waals surface area contributed by atoms with Crippen molar-refractivity contribution in [3.63, 3.8) is 0 Å². The van der Waals surface area contributed by atoms with Gasteiger partial charge in [0.15, 0.2) is 0 Å². The third kappa shape index (κ3) is 2.74. The van der Waals surface area contributed by atoms with Gasteiger partial charge in [0.1, 0.15) is 5.54 Å². The fourth-order valence-corrected chi connectivity index (χ4v) is 2.65. The van der Waals surface area contributed by atoms with Crippen LogP contribution in [0.15, 0.2) is 0 Å². The lowest BCUT2D eigenvalue weighted by atomic mass is 9.98. The molecule has 0 aromatic carbocycles. The van der Waals surface area contributed by atoms with Crippen molar-refractivity contribution < 1.29 is 9.90 Å². The van der Waals surface area contributed by atoms with Gasteiger partial charge in [0, 0.05) is 12.6 Å². The molecule has 2 atom stereocenters. The Balaban J connectivity index is 2.60. The molecule has 1 aliphatic rings. The Kier molecular flexibility index (Phi) is 4.33. The fraction of sp³-hybridized carbons (Fsp3) is 0.917. The topological polar surface area (TPSA) is 52.6 Å². The normalized spacial score (nSPS) is 30.2. The van der Waals surface area contributed by atoms with Crippen molar-refractivity contribution in [3.8, 4) is 0 Å². The minimum atomic E-state index is -0.713. The van der Waals surface area contributed by atoms with Crippen LogP contribution in [0.5, 0.6) is 0 Å². The first-order chi connectivity index (χ1) is 7.41. The molecule has 0 saturated heterocycles. The van der Waals surface area contributed by atoms with Crippen LogP contribution in [0.1, 0.15) is 33.1 Å². The van der Waals surface area contributed by atoms with Gasteiger partial charge in [-0.15, -0.1) is 0 Å². The molecule has 1 fully saturated rings. The molecule has 1 rings (SSSR count). The molecule has 0 aliphatic heterocycles. The maximum absolute atomic E-state index is 11.3. The van der Waals surface area contributed by atoms with Crippen molar-refractivity contribution in [1.82, 2.24) is 10.2 Å². The molecule has 2 unspecified atom stereocenters. The van der Waals surface area contributed by atoms with E-state index in [0.29, 0.717) is 18.4 Å². The number of carboxylic acids is 1. The number of likely N-dealkylation sites (N-methyl/N-ethyl adjacent to an activating group) is 1. The van der Waals surface area contributed by atoms with Crippen LogP contribution < -0.4 is 5.32 Å². The maximum Gasteiger partial charge on any atom is 0.323 e. The summed E-state index contributed by atoms with van der Waals surface area (Å²) in [5.74, 6) is -0.0881. The van der Waals surface area contributed by atoms with Gasteiger partial charge >= 0.3 is 5.97 Å². The van der Waals surface area contributed by atoms with Crippen LogP contribution in [-0.4, -0.2) is 48.2 Å². The number of carbonyl (C=O) groups is 1. The molecule has 0 spiro atoms. The van der Waals surface area contributed by atoms with E-state index < -0.39 is 11.5 Å². The summed E-state index contributed by atoms with van der Waals surface area (Å²) in [7, 11) is 3.84. The van der Waals surface area contributed by atoms with Crippen molar-refractivity contribution in [2.24, 2.45) is 5.92 Å². The van der Waals surface area contributed by atoms with Crippen molar-refractivity contribution >= 4 is 5.97 Å². The molecule has 16 heavy (non-hydrogen) atoms. The van der Waals surface area contributed by atoms with Crippen LogP contribution in [0.4, 0.5) is 0 Å². The van der Waals surface area contributed by atoms with Crippen LogP contribution in [0.3, 0.4) is 0 Å². The highest BCUT2D eigenvalue weighted by Crippen LogP contribution is 2.32. The van der Waals surface area contributed by atoms with Gasteiger partial charge in [0.05, 0.1) is 0 Å². The third-order valence-corrected chi connectivity index (χ3v) is 3.65. The van der Waals surface area contributed by atoms with Crippen molar-refractivity contribution in [2.45, 2.75) is 44.7 Å². The van der Waals surface area contributed by atoms with Crippen LogP contribution in [0.2, 0.25) is 0 Å². The summed E-state index contributed by atoms with van der Waals surface area (Å²) in [6, 6.07) is 0.394. The number of hydrogen-bond acceptors (Lipinski definition) is 3. The predicted octanol–water partition coefficient (Wildman–Crippen LogP) is 1.17. The van der Waals surface area contributed by atoms with Gasteiger partial charge in [-0.2, -0.15) is 0 Å². The molecule has 2 N–H and O–H groups in total. The smallest absolute Gasteiger partial charge is 0.323 e. The number of carboxylic acid groups (broad SMARTS) is 1. The Morgan fingerprint density at radius 1 is 1.62 bits per heavy atom. The highest BCUT2D eigenvalue weighted by atomic mass is 16.4. The summed E-state index contributed by atoms with van der Waals surface area (Å²) in [5, 5.41) is 12.3. The van der Waals surface area contributed by atoms with Gasteiger partial charge < -0.3 is 15.3 Å². The SMILES string of the molecule is CNC1(C(=O)O)CCC(N(C)CC(C)C)C1. The second-order valence-electron chi connectivity index (χ2n) is 5.37. The van der Waals surface area contributed by atoms with Gasteiger partial charge in [-0.05, 0) is 39.3 Å². The van der Waals surface area contributed by atoms with E-state index in [2.05, 4.69) is 31.1 Å². The average molecular weight is 228 g/mol. The maximum atomic E-state index is 11.3. The van der Waals surface area contributed by atoms with Gasteiger partial charge in [-0.1, -0.05) is 13.8 Å². The molecule has 0 heterocycles. The second-order valence-corrected chi connectivity index (χ2v) is 5.37. The summed E-state index contributed by atoms with van der Waals surface area (Å²) in [5.41, 5.74) is -0.699. The van der Waals surface area contributed by atoms with Gasteiger partial charge in [0.2, 0.25) is 0 Å². The molecule has 4 heteroatoms. The van der Waals surface area contributed by atoms with Crippen molar-refractivity contribution in [1.29, 1.82) is 0 Å². The summed E-state index contributed by atoms with van der Waals surface area (Å²) in [6.07, 6.45) is 2.41. The highest BCUT2D eigenvalue weighted by molar-refractivity contribution is 5.79. The predicted molar refractivity (Wildman–Crippen MR) is 64.5 cm³/mol. The average Bonchev–Trinajstić information content (AvgIpc) is 2.61. The fourth-order valence-electron chi connectivity index (χ4n) is 2.65. The largest absolute Gasteiger partial charge is 0.480 e. The summed E-state index contributed by atoms with van der Waals surface area (Å²) < 4.78 is 0. The lowest BCUT2D eigenvalue weighted by Gasteiger charge is -2.28. The Hall–Kier alpha value is -0.610. The number of rotatable bonds is 5. The Bertz CT molecular complexity index is 255. The molecule has 4 nitrogen and oxygen atoms in total. The van der Waals surface area contributed by atoms with E-state index in [9.17, 15) is 9.90 Å². The summed E-state index contributed by atoms with van der Waals surface area (Å²) >= 11 is 0. The standard InChI is InChI=1S/C12H24N2O2/c1-9(2)8-14(4)10-5-6-12(7-10,13-3)11(15)16/h9-10,13H,5-8H2,1-4H3,(H,15,16). The minimum Gasteiger partial charge on any atom is -0.480 e. The molecule has 0 amide bonds. The molecule has 0 aromatic heterocycles. The number of aliphatic carboxylic acids is 1. The van der Waals surface area contributed by atoms with Gasteiger partial charge in [-0.25, -0.2) is 0 Å². The van der Waals surface area contributed by atoms with E-state index in [0.717, 1.165) is 19.4 Å². The molecule has 1 saturated carbocycles. The Morgan fingerprint density at radius 2 is 2.25 bits per heavy atom. The summed E-state index contributed by atoms with van der Waals surface area (Å²) in [4.78, 5) is 13.6. The van der Waals surface area contributed by atoms with Crippen LogP contribution in [0.25, 0.3) is 0 Å². The number of nitrogens with one attached hydrogen (secondary N) is 1. The van der Waals surface area contributed by atoms with E-state index >= 15 is 0 Å². The molecule has 0 aromatic rings. The van der Waals surface area contributed by atoms with Crippen LogP contribution in [0, 0.1) is 5.92 Å². The number of hydrogen-bond donors (Lipinski definition) is 2. The monoisotopic (exact) mass is 228 g/mol. The van der Waals surface area contributed by atoms with Crippen LogP contribution in [-0.2, 0) is 4.79 Å². The van der Waals surface area contributed by atoms with E-state index in [1.807, 2.05) is 0 Å². The van der Waals surface area contributed by atoms with E-state index in [1.54, 1.807) is 7.05 Å². The van der Waals surface area contributed by atoms with Crippen molar-refractivity contribution in [2.75, 3.05) is 20.6 Å². The highest BCUT2D eigenvalue weighted by Gasteiger charge is 2.45. The molecule has 0 bridgehead atoms. The molecule has 94 valence electrons. The quantitative estimate of drug-likeness (QED) is 0.741. The molecular weight excluding hydrogens is 204 g/mol. The first-order valence-corrected chi connectivity index (χ1v) is 6.04.